The molecule has 2 rings (SSSR count). The molecule has 0 radical (unpaired) electrons. The van der Waals surface area contributed by atoms with Crippen molar-refractivity contribution >= 4 is 5.91 Å². The lowest BCUT2D eigenvalue weighted by Crippen LogP contribution is -2.45. The van der Waals surface area contributed by atoms with Gasteiger partial charge in [-0.1, -0.05) is 37.3 Å². The first-order chi connectivity index (χ1) is 10.2. The average Bonchev–Trinajstić information content (AvgIpc) is 2.52. The highest BCUT2D eigenvalue weighted by Crippen LogP contribution is 2.24. The summed E-state index contributed by atoms with van der Waals surface area (Å²) in [6.45, 7) is 7.83. The summed E-state index contributed by atoms with van der Waals surface area (Å²) in [4.78, 5) is 14.3. The van der Waals surface area contributed by atoms with E-state index in [0.717, 1.165) is 32.2 Å². The summed E-state index contributed by atoms with van der Waals surface area (Å²) in [7, 11) is 0. The number of nitrogens with zero attached hydrogens (tertiary/aromatic N) is 1. The minimum atomic E-state index is 0.0993. The lowest BCUT2D eigenvalue weighted by atomic mass is 9.87. The Balaban J connectivity index is 1.99. The average molecular weight is 286 g/mol. The number of hydrogen-bond donors (Lipinski definition) is 1. The third-order valence-electron chi connectivity index (χ3n) is 4.14. The normalized spacial score (nSPS) is 17.3. The van der Waals surface area contributed by atoms with E-state index in [1.165, 1.54) is 11.1 Å². The SMILES string of the molecule is C=CCNC(=O)CN(CCC)C1CCc2ccccc2C1. The maximum Gasteiger partial charge on any atom is 0.234 e. The van der Waals surface area contributed by atoms with Crippen LogP contribution in [-0.2, 0) is 17.6 Å². The van der Waals surface area contributed by atoms with Crippen LogP contribution in [0.2, 0.25) is 0 Å². The number of aryl methyl sites for hydroxylation is 1. The maximum atomic E-state index is 12.0. The van der Waals surface area contributed by atoms with Gasteiger partial charge in [0.2, 0.25) is 5.91 Å². The molecule has 1 amide bonds. The van der Waals surface area contributed by atoms with Crippen LogP contribution in [0.3, 0.4) is 0 Å². The quantitative estimate of drug-likeness (QED) is 0.781. The van der Waals surface area contributed by atoms with Crippen molar-refractivity contribution in [3.05, 3.63) is 48.0 Å². The van der Waals surface area contributed by atoms with Crippen molar-refractivity contribution in [2.24, 2.45) is 0 Å². The van der Waals surface area contributed by atoms with Gasteiger partial charge in [0.15, 0.2) is 0 Å². The Morgan fingerprint density at radius 1 is 1.43 bits per heavy atom. The van der Waals surface area contributed by atoms with Crippen LogP contribution < -0.4 is 5.32 Å². The van der Waals surface area contributed by atoms with Crippen molar-refractivity contribution in [1.29, 1.82) is 0 Å². The minimum Gasteiger partial charge on any atom is -0.352 e. The van der Waals surface area contributed by atoms with Crippen LogP contribution in [0.15, 0.2) is 36.9 Å². The number of carbonyl (C=O) groups excluding carboxylic acids is 1. The predicted molar refractivity (Wildman–Crippen MR) is 87.3 cm³/mol. The molecule has 1 N–H and O–H groups in total. The number of hydrogen-bond acceptors (Lipinski definition) is 2. The zero-order valence-electron chi connectivity index (χ0n) is 13.0. The standard InChI is InChI=1S/C18H26N2O/c1-3-11-19-18(21)14-20(12-4-2)17-10-9-15-7-5-6-8-16(15)13-17/h3,5-8,17H,1,4,9-14H2,2H3,(H,19,21). The van der Waals surface area contributed by atoms with Crippen molar-refractivity contribution in [3.8, 4) is 0 Å². The summed E-state index contributed by atoms with van der Waals surface area (Å²) in [5.41, 5.74) is 2.92. The van der Waals surface area contributed by atoms with Crippen LogP contribution in [0.1, 0.15) is 30.9 Å². The van der Waals surface area contributed by atoms with Crippen molar-refractivity contribution in [3.63, 3.8) is 0 Å². The van der Waals surface area contributed by atoms with Gasteiger partial charge in [-0.2, -0.15) is 0 Å². The fourth-order valence-corrected chi connectivity index (χ4v) is 3.09. The van der Waals surface area contributed by atoms with Gasteiger partial charge in [0, 0.05) is 12.6 Å². The first-order valence-corrected chi connectivity index (χ1v) is 7.93. The molecule has 0 saturated carbocycles. The van der Waals surface area contributed by atoms with Crippen molar-refractivity contribution < 1.29 is 4.79 Å². The van der Waals surface area contributed by atoms with E-state index in [0.29, 0.717) is 19.1 Å². The molecule has 21 heavy (non-hydrogen) atoms. The predicted octanol–water partition coefficient (Wildman–Crippen LogP) is 2.56. The number of fused-ring (bicyclic) bond motifs is 1. The van der Waals surface area contributed by atoms with Crippen molar-refractivity contribution in [2.45, 2.75) is 38.6 Å². The van der Waals surface area contributed by atoms with Crippen molar-refractivity contribution in [1.82, 2.24) is 10.2 Å². The molecule has 1 aliphatic carbocycles. The Kier molecular flexibility index (Phi) is 6.00. The van der Waals surface area contributed by atoms with Crippen LogP contribution in [0.25, 0.3) is 0 Å². The molecular formula is C18H26N2O. The monoisotopic (exact) mass is 286 g/mol. The summed E-state index contributed by atoms with van der Waals surface area (Å²) >= 11 is 0. The topological polar surface area (TPSA) is 32.3 Å². The number of amides is 1. The Morgan fingerprint density at radius 2 is 2.19 bits per heavy atom. The van der Waals surface area contributed by atoms with E-state index in [2.05, 4.69) is 48.0 Å². The van der Waals surface area contributed by atoms with Crippen LogP contribution in [0.4, 0.5) is 0 Å². The van der Waals surface area contributed by atoms with Crippen LogP contribution in [0, 0.1) is 0 Å². The van der Waals surface area contributed by atoms with E-state index in [1.54, 1.807) is 6.08 Å². The molecule has 114 valence electrons. The van der Waals surface area contributed by atoms with Crippen LogP contribution >= 0.6 is 0 Å². The summed E-state index contributed by atoms with van der Waals surface area (Å²) in [6.07, 6.45) is 6.12. The van der Waals surface area contributed by atoms with Gasteiger partial charge in [0.1, 0.15) is 0 Å². The summed E-state index contributed by atoms with van der Waals surface area (Å²) < 4.78 is 0. The van der Waals surface area contributed by atoms with Gasteiger partial charge in [-0.3, -0.25) is 9.69 Å². The molecule has 1 atom stereocenters. The van der Waals surface area contributed by atoms with Gasteiger partial charge >= 0.3 is 0 Å². The molecule has 3 nitrogen and oxygen atoms in total. The maximum absolute atomic E-state index is 12.0. The van der Waals surface area contributed by atoms with Gasteiger partial charge in [0.05, 0.1) is 6.54 Å². The fourth-order valence-electron chi connectivity index (χ4n) is 3.09. The number of carbonyl (C=O) groups is 1. The number of benzene rings is 1. The summed E-state index contributed by atoms with van der Waals surface area (Å²) in [5.74, 6) is 0.0993. The second-order valence-corrected chi connectivity index (χ2v) is 5.73. The Hall–Kier alpha value is -1.61. The lowest BCUT2D eigenvalue weighted by molar-refractivity contribution is -0.122. The van der Waals surface area contributed by atoms with Crippen LogP contribution in [-0.4, -0.2) is 36.5 Å². The van der Waals surface area contributed by atoms with E-state index < -0.39 is 0 Å². The van der Waals surface area contributed by atoms with Gasteiger partial charge in [-0.25, -0.2) is 0 Å². The molecule has 1 aliphatic rings. The Morgan fingerprint density at radius 3 is 2.90 bits per heavy atom. The molecule has 0 aliphatic heterocycles. The first-order valence-electron chi connectivity index (χ1n) is 7.93. The smallest absolute Gasteiger partial charge is 0.234 e. The molecule has 0 bridgehead atoms. The van der Waals surface area contributed by atoms with E-state index >= 15 is 0 Å². The summed E-state index contributed by atoms with van der Waals surface area (Å²) in [5, 5.41) is 2.88. The third-order valence-corrected chi connectivity index (χ3v) is 4.14. The van der Waals surface area contributed by atoms with Gasteiger partial charge in [-0.15, -0.1) is 6.58 Å². The molecule has 0 saturated heterocycles. The van der Waals surface area contributed by atoms with E-state index in [4.69, 9.17) is 0 Å². The molecule has 0 aromatic heterocycles. The van der Waals surface area contributed by atoms with Gasteiger partial charge < -0.3 is 5.32 Å². The zero-order chi connectivity index (χ0) is 15.1. The second-order valence-electron chi connectivity index (χ2n) is 5.73. The van der Waals surface area contributed by atoms with E-state index in [1.807, 2.05) is 0 Å². The molecule has 1 aromatic carbocycles. The van der Waals surface area contributed by atoms with E-state index in [-0.39, 0.29) is 5.91 Å². The van der Waals surface area contributed by atoms with Gasteiger partial charge in [0.25, 0.3) is 0 Å². The highest BCUT2D eigenvalue weighted by molar-refractivity contribution is 5.78. The Labute approximate surface area is 128 Å². The summed E-state index contributed by atoms with van der Waals surface area (Å²) in [6, 6.07) is 9.17. The second kappa shape index (κ2) is 7.99. The number of rotatable bonds is 7. The van der Waals surface area contributed by atoms with Crippen molar-refractivity contribution in [2.75, 3.05) is 19.6 Å². The molecule has 0 fully saturated rings. The zero-order valence-corrected chi connectivity index (χ0v) is 13.0. The molecule has 0 heterocycles. The highest BCUT2D eigenvalue weighted by atomic mass is 16.2. The van der Waals surface area contributed by atoms with E-state index in [9.17, 15) is 4.79 Å². The van der Waals surface area contributed by atoms with Gasteiger partial charge in [-0.05, 0) is 43.4 Å². The fraction of sp³-hybridized carbons (Fsp3) is 0.500. The third kappa shape index (κ3) is 4.43. The number of nitrogens with one attached hydrogen (secondary N) is 1. The minimum absolute atomic E-state index is 0.0993. The highest BCUT2D eigenvalue weighted by Gasteiger charge is 2.24. The molecule has 1 aromatic rings. The lowest BCUT2D eigenvalue weighted by Gasteiger charge is -2.34. The molecular weight excluding hydrogens is 260 g/mol. The molecule has 1 unspecified atom stereocenters. The molecule has 0 spiro atoms. The molecule has 3 heteroatoms. The Bertz CT molecular complexity index is 484. The van der Waals surface area contributed by atoms with Crippen LogP contribution in [0.5, 0.6) is 0 Å². The largest absolute Gasteiger partial charge is 0.352 e. The first kappa shape index (κ1) is 15.8.